The van der Waals surface area contributed by atoms with Crippen molar-refractivity contribution in [3.05, 3.63) is 11.6 Å². The van der Waals surface area contributed by atoms with Crippen molar-refractivity contribution >= 4 is 0 Å². The van der Waals surface area contributed by atoms with E-state index in [1.165, 1.54) is 38.5 Å². The van der Waals surface area contributed by atoms with Crippen LogP contribution in [-0.2, 0) is 0 Å². The van der Waals surface area contributed by atoms with Gasteiger partial charge in [0, 0.05) is 0 Å². The number of aliphatic hydroxyl groups is 2. The summed E-state index contributed by atoms with van der Waals surface area (Å²) < 4.78 is 0. The Hall–Kier alpha value is -0.340. The Bertz CT molecular complexity index is 675. The number of hydrogen-bond donors (Lipinski definition) is 2. The summed E-state index contributed by atoms with van der Waals surface area (Å²) in [7, 11) is 0. The van der Waals surface area contributed by atoms with Crippen LogP contribution >= 0.6 is 0 Å². The third-order valence-corrected chi connectivity index (χ3v) is 10.7. The van der Waals surface area contributed by atoms with E-state index in [1.807, 2.05) is 0 Å². The summed E-state index contributed by atoms with van der Waals surface area (Å²) >= 11 is 0. The van der Waals surface area contributed by atoms with Crippen molar-refractivity contribution in [1.82, 2.24) is 0 Å². The first-order valence-electron chi connectivity index (χ1n) is 13.0. The smallest absolute Gasteiger partial charge is 0.0729 e. The van der Waals surface area contributed by atoms with Crippen molar-refractivity contribution < 1.29 is 10.2 Å². The normalized spacial score (nSPS) is 47.1. The lowest BCUT2D eigenvalue weighted by atomic mass is 9.46. The van der Waals surface area contributed by atoms with E-state index in [0.717, 1.165) is 43.9 Å². The zero-order valence-corrected chi connectivity index (χ0v) is 20.6. The predicted octanol–water partition coefficient (Wildman–Crippen LogP) is 6.89. The van der Waals surface area contributed by atoms with E-state index in [-0.39, 0.29) is 11.5 Å². The van der Waals surface area contributed by atoms with Crippen LogP contribution in [0.2, 0.25) is 0 Å². The topological polar surface area (TPSA) is 40.5 Å². The van der Waals surface area contributed by atoms with Gasteiger partial charge in [-0.05, 0) is 104 Å². The fraction of sp³-hybridized carbons (Fsp3) is 0.929. The van der Waals surface area contributed by atoms with Crippen molar-refractivity contribution in [2.75, 3.05) is 0 Å². The summed E-state index contributed by atoms with van der Waals surface area (Å²) in [6.45, 7) is 14.3. The van der Waals surface area contributed by atoms with Gasteiger partial charge in [0.15, 0.2) is 0 Å². The van der Waals surface area contributed by atoms with Crippen LogP contribution in [-0.4, -0.2) is 21.9 Å². The Balaban J connectivity index is 1.52. The first kappa shape index (κ1) is 22.8. The second kappa shape index (κ2) is 7.62. The van der Waals surface area contributed by atoms with Crippen molar-refractivity contribution in [1.29, 1.82) is 0 Å². The molecule has 172 valence electrons. The molecule has 30 heavy (non-hydrogen) atoms. The van der Waals surface area contributed by atoms with Crippen LogP contribution in [0.5, 0.6) is 0 Å². The van der Waals surface area contributed by atoms with Gasteiger partial charge >= 0.3 is 0 Å². The van der Waals surface area contributed by atoms with Crippen LogP contribution in [0.1, 0.15) is 112 Å². The minimum absolute atomic E-state index is 0.0746. The number of fused-ring (bicyclic) bond motifs is 5. The molecule has 0 aromatic carbocycles. The lowest BCUT2D eigenvalue weighted by molar-refractivity contribution is -0.150. The quantitative estimate of drug-likeness (QED) is 0.490. The minimum atomic E-state index is -0.492. The van der Waals surface area contributed by atoms with Gasteiger partial charge in [0.1, 0.15) is 0 Å². The van der Waals surface area contributed by atoms with Crippen LogP contribution < -0.4 is 0 Å². The molecule has 0 radical (unpaired) electrons. The average molecular weight is 417 g/mol. The Kier molecular flexibility index (Phi) is 5.80. The molecule has 0 saturated heterocycles. The Morgan fingerprint density at radius 1 is 1.07 bits per heavy atom. The second-order valence-corrected chi connectivity index (χ2v) is 13.4. The van der Waals surface area contributed by atoms with E-state index in [1.54, 1.807) is 5.57 Å². The lowest BCUT2D eigenvalue weighted by Crippen LogP contribution is -2.56. The lowest BCUT2D eigenvalue weighted by Gasteiger charge is -2.59. The molecule has 0 amide bonds. The molecule has 4 aliphatic rings. The Morgan fingerprint density at radius 2 is 1.77 bits per heavy atom. The molecule has 2 nitrogen and oxygen atoms in total. The summed E-state index contributed by atoms with van der Waals surface area (Å²) in [6, 6.07) is 0. The summed E-state index contributed by atoms with van der Waals surface area (Å²) in [4.78, 5) is 0. The molecular weight excluding hydrogens is 368 g/mol. The Labute approximate surface area is 185 Å². The molecule has 0 bridgehead atoms. The van der Waals surface area contributed by atoms with Gasteiger partial charge in [0.2, 0.25) is 0 Å². The predicted molar refractivity (Wildman–Crippen MR) is 125 cm³/mol. The molecule has 0 spiro atoms. The molecule has 3 saturated carbocycles. The number of allylic oxidation sites excluding steroid dienone is 1. The molecular formula is C28H48O2. The summed E-state index contributed by atoms with van der Waals surface area (Å²) in [5.41, 5.74) is 1.81. The van der Waals surface area contributed by atoms with Crippen LogP contribution in [0.3, 0.4) is 0 Å². The molecule has 0 aliphatic heterocycles. The van der Waals surface area contributed by atoms with Gasteiger partial charge in [0.05, 0.1) is 11.7 Å². The fourth-order valence-electron chi connectivity index (χ4n) is 8.68. The summed E-state index contributed by atoms with van der Waals surface area (Å²) in [5, 5.41) is 22.3. The van der Waals surface area contributed by atoms with Crippen LogP contribution in [0.15, 0.2) is 11.6 Å². The van der Waals surface area contributed by atoms with E-state index in [4.69, 9.17) is 0 Å². The van der Waals surface area contributed by atoms with Crippen molar-refractivity contribution in [2.24, 2.45) is 39.9 Å². The van der Waals surface area contributed by atoms with E-state index in [9.17, 15) is 10.2 Å². The van der Waals surface area contributed by atoms with E-state index in [2.05, 4.69) is 47.6 Å². The average Bonchev–Trinajstić information content (AvgIpc) is 2.93. The van der Waals surface area contributed by atoms with E-state index < -0.39 is 5.60 Å². The summed E-state index contributed by atoms with van der Waals surface area (Å²) in [6.07, 6.45) is 14.9. The largest absolute Gasteiger partial charge is 0.393 e. The van der Waals surface area contributed by atoms with Crippen LogP contribution in [0.4, 0.5) is 0 Å². The SMILES string of the molecule is CC(CCCC(C)(C)C)C1(O)CCC2C3CC=C4CC(O)CCC4(C)C3CCC21C. The summed E-state index contributed by atoms with van der Waals surface area (Å²) in [5.74, 6) is 2.53. The second-order valence-electron chi connectivity index (χ2n) is 13.4. The van der Waals surface area contributed by atoms with Gasteiger partial charge in [-0.15, -0.1) is 0 Å². The van der Waals surface area contributed by atoms with Crippen molar-refractivity contribution in [3.63, 3.8) is 0 Å². The van der Waals surface area contributed by atoms with E-state index in [0.29, 0.717) is 22.7 Å². The third kappa shape index (κ3) is 3.53. The zero-order chi connectivity index (χ0) is 21.9. The van der Waals surface area contributed by atoms with E-state index >= 15 is 0 Å². The van der Waals surface area contributed by atoms with Gasteiger partial charge < -0.3 is 10.2 Å². The minimum Gasteiger partial charge on any atom is -0.393 e. The zero-order valence-electron chi connectivity index (χ0n) is 20.6. The van der Waals surface area contributed by atoms with Crippen LogP contribution in [0, 0.1) is 39.9 Å². The molecule has 0 aromatic rings. The molecule has 2 N–H and O–H groups in total. The Morgan fingerprint density at radius 3 is 2.47 bits per heavy atom. The van der Waals surface area contributed by atoms with Crippen molar-refractivity contribution in [2.45, 2.75) is 124 Å². The number of hydrogen-bond acceptors (Lipinski definition) is 2. The van der Waals surface area contributed by atoms with Gasteiger partial charge in [-0.3, -0.25) is 0 Å². The van der Waals surface area contributed by atoms with Crippen LogP contribution in [0.25, 0.3) is 0 Å². The molecule has 4 rings (SSSR count). The van der Waals surface area contributed by atoms with Gasteiger partial charge in [0.25, 0.3) is 0 Å². The highest BCUT2D eigenvalue weighted by Gasteiger charge is 2.64. The molecule has 2 heteroatoms. The maximum absolute atomic E-state index is 12.1. The first-order valence-corrected chi connectivity index (χ1v) is 13.0. The molecule has 0 heterocycles. The van der Waals surface area contributed by atoms with Crippen molar-refractivity contribution in [3.8, 4) is 0 Å². The number of rotatable bonds is 4. The standard InChI is InChI=1S/C28H48O2/c1-19(8-7-14-25(2,3)4)28(30)17-13-24-22-10-9-20-18-21(29)11-15-26(20,5)23(22)12-16-27(24,28)6/h9,19,21-24,29-30H,7-8,10-18H2,1-6H3. The maximum Gasteiger partial charge on any atom is 0.0729 e. The maximum atomic E-state index is 12.1. The van der Waals surface area contributed by atoms with Gasteiger partial charge in [-0.2, -0.15) is 0 Å². The molecule has 4 aliphatic carbocycles. The van der Waals surface area contributed by atoms with Gasteiger partial charge in [-0.25, -0.2) is 0 Å². The molecule has 8 unspecified atom stereocenters. The highest BCUT2D eigenvalue weighted by Crippen LogP contribution is 2.68. The fourth-order valence-corrected chi connectivity index (χ4v) is 8.68. The third-order valence-electron chi connectivity index (χ3n) is 10.7. The monoisotopic (exact) mass is 416 g/mol. The molecule has 8 atom stereocenters. The highest BCUT2D eigenvalue weighted by atomic mass is 16.3. The molecule has 3 fully saturated rings. The number of aliphatic hydroxyl groups excluding tert-OH is 1. The van der Waals surface area contributed by atoms with Gasteiger partial charge in [-0.1, -0.05) is 59.6 Å². The highest BCUT2D eigenvalue weighted by molar-refractivity contribution is 5.26. The molecule has 0 aromatic heterocycles. The first-order chi connectivity index (χ1) is 13.9.